The zero-order valence-corrected chi connectivity index (χ0v) is 9.16. The highest BCUT2D eigenvalue weighted by Crippen LogP contribution is 2.34. The molecule has 2 aromatic carbocycles. The van der Waals surface area contributed by atoms with Gasteiger partial charge < -0.3 is 4.42 Å². The minimum atomic E-state index is 0.719. The van der Waals surface area contributed by atoms with Gasteiger partial charge in [0.25, 0.3) is 0 Å². The molecule has 0 saturated carbocycles. The Morgan fingerprint density at radius 2 is 1.88 bits per heavy atom. The van der Waals surface area contributed by atoms with E-state index in [0.717, 1.165) is 26.9 Å². The van der Waals surface area contributed by atoms with Gasteiger partial charge in [0.2, 0.25) is 0 Å². The predicted molar refractivity (Wildman–Crippen MR) is 65.5 cm³/mol. The molecule has 16 heavy (non-hydrogen) atoms. The number of halogens is 1. The lowest BCUT2D eigenvalue weighted by molar-refractivity contribution is 0.559. The molecule has 0 fully saturated rings. The molecule has 0 aliphatic rings. The maximum atomic E-state index is 6.23. The van der Waals surface area contributed by atoms with Crippen molar-refractivity contribution in [3.63, 3.8) is 0 Å². The second kappa shape index (κ2) is 3.69. The number of fused-ring (bicyclic) bond motifs is 1. The van der Waals surface area contributed by atoms with E-state index < -0.39 is 0 Å². The molecule has 0 spiro atoms. The highest BCUT2D eigenvalue weighted by Gasteiger charge is 2.09. The van der Waals surface area contributed by atoms with Crippen LogP contribution in [0.15, 0.2) is 53.1 Å². The van der Waals surface area contributed by atoms with E-state index in [2.05, 4.69) is 18.4 Å². The Balaban J connectivity index is 2.42. The summed E-state index contributed by atoms with van der Waals surface area (Å²) in [5.74, 6) is 0. The van der Waals surface area contributed by atoms with Gasteiger partial charge in [-0.25, -0.2) is 0 Å². The Morgan fingerprint density at radius 1 is 1.00 bits per heavy atom. The SMILES string of the molecule is Clc1ccc2ccccc2c1-c1[c]occ1. The lowest BCUT2D eigenvalue weighted by Gasteiger charge is -2.06. The van der Waals surface area contributed by atoms with Gasteiger partial charge in [0.15, 0.2) is 6.26 Å². The fraction of sp³-hybridized carbons (Fsp3) is 0. The van der Waals surface area contributed by atoms with Crippen LogP contribution in [0.3, 0.4) is 0 Å². The molecule has 1 radical (unpaired) electrons. The third-order valence-corrected chi connectivity index (χ3v) is 2.93. The van der Waals surface area contributed by atoms with Crippen LogP contribution in [0.5, 0.6) is 0 Å². The third kappa shape index (κ3) is 1.41. The molecular formula is C14H8ClO. The van der Waals surface area contributed by atoms with Crippen molar-refractivity contribution in [2.45, 2.75) is 0 Å². The first kappa shape index (κ1) is 9.49. The normalized spacial score (nSPS) is 10.8. The van der Waals surface area contributed by atoms with Crippen molar-refractivity contribution in [3.05, 3.63) is 60.0 Å². The molecule has 3 rings (SSSR count). The van der Waals surface area contributed by atoms with Crippen molar-refractivity contribution in [2.24, 2.45) is 0 Å². The second-order valence-electron chi connectivity index (χ2n) is 3.58. The van der Waals surface area contributed by atoms with Crippen LogP contribution < -0.4 is 0 Å². The Hall–Kier alpha value is -1.73. The Morgan fingerprint density at radius 3 is 2.69 bits per heavy atom. The van der Waals surface area contributed by atoms with Gasteiger partial charge in [0.1, 0.15) is 0 Å². The molecule has 0 aliphatic heterocycles. The molecule has 1 heterocycles. The molecule has 0 bridgehead atoms. The van der Waals surface area contributed by atoms with Gasteiger partial charge in [0, 0.05) is 16.1 Å². The minimum absolute atomic E-state index is 0.719. The van der Waals surface area contributed by atoms with Crippen molar-refractivity contribution in [2.75, 3.05) is 0 Å². The molecule has 0 aliphatic carbocycles. The van der Waals surface area contributed by atoms with Crippen LogP contribution in [0.1, 0.15) is 0 Å². The summed E-state index contributed by atoms with van der Waals surface area (Å²) in [6, 6.07) is 13.9. The zero-order valence-electron chi connectivity index (χ0n) is 8.41. The monoisotopic (exact) mass is 227 g/mol. The van der Waals surface area contributed by atoms with Gasteiger partial charge in [-0.1, -0.05) is 41.9 Å². The maximum Gasteiger partial charge on any atom is 0.177 e. The van der Waals surface area contributed by atoms with Crippen LogP contribution in [0.2, 0.25) is 5.02 Å². The summed E-state index contributed by atoms with van der Waals surface area (Å²) in [5, 5.41) is 3.00. The molecule has 1 aromatic heterocycles. The van der Waals surface area contributed by atoms with Crippen molar-refractivity contribution >= 4 is 22.4 Å². The van der Waals surface area contributed by atoms with Gasteiger partial charge in [-0.05, 0) is 22.9 Å². The topological polar surface area (TPSA) is 13.1 Å². The quantitative estimate of drug-likeness (QED) is 0.594. The Kier molecular flexibility index (Phi) is 2.19. The summed E-state index contributed by atoms with van der Waals surface area (Å²) in [5.41, 5.74) is 1.87. The van der Waals surface area contributed by atoms with Gasteiger partial charge in [-0.3, -0.25) is 0 Å². The Bertz CT molecular complexity index is 626. The molecule has 0 amide bonds. The molecule has 1 nitrogen and oxygen atoms in total. The first-order valence-electron chi connectivity index (χ1n) is 4.99. The molecular weight excluding hydrogens is 220 g/mol. The van der Waals surface area contributed by atoms with Crippen LogP contribution in [-0.4, -0.2) is 0 Å². The molecule has 0 unspecified atom stereocenters. The standard InChI is InChI=1S/C14H8ClO/c15-13-6-5-10-3-1-2-4-12(10)14(13)11-7-8-16-9-11/h1-8H. The van der Waals surface area contributed by atoms with Gasteiger partial charge in [-0.15, -0.1) is 0 Å². The molecule has 0 N–H and O–H groups in total. The van der Waals surface area contributed by atoms with Gasteiger partial charge in [0.05, 0.1) is 6.26 Å². The van der Waals surface area contributed by atoms with Crippen molar-refractivity contribution in [1.82, 2.24) is 0 Å². The smallest absolute Gasteiger partial charge is 0.177 e. The van der Waals surface area contributed by atoms with E-state index in [9.17, 15) is 0 Å². The average Bonchev–Trinajstić information content (AvgIpc) is 2.82. The van der Waals surface area contributed by atoms with Crippen LogP contribution >= 0.6 is 11.6 Å². The first-order valence-corrected chi connectivity index (χ1v) is 5.37. The Labute approximate surface area is 98.3 Å². The first-order chi connectivity index (χ1) is 7.86. The van der Waals surface area contributed by atoms with E-state index in [0.29, 0.717) is 0 Å². The van der Waals surface area contributed by atoms with Crippen LogP contribution in [0, 0.1) is 6.26 Å². The lowest BCUT2D eigenvalue weighted by atomic mass is 10.0. The van der Waals surface area contributed by atoms with E-state index in [4.69, 9.17) is 16.0 Å². The lowest BCUT2D eigenvalue weighted by Crippen LogP contribution is -1.81. The van der Waals surface area contributed by atoms with Gasteiger partial charge in [-0.2, -0.15) is 0 Å². The average molecular weight is 228 g/mol. The number of hydrogen-bond acceptors (Lipinski definition) is 1. The summed E-state index contributed by atoms with van der Waals surface area (Å²) in [6.07, 6.45) is 4.43. The minimum Gasteiger partial charge on any atom is -0.460 e. The molecule has 77 valence electrons. The highest BCUT2D eigenvalue weighted by molar-refractivity contribution is 6.35. The van der Waals surface area contributed by atoms with Gasteiger partial charge >= 0.3 is 0 Å². The van der Waals surface area contributed by atoms with E-state index in [1.54, 1.807) is 6.26 Å². The van der Waals surface area contributed by atoms with Crippen LogP contribution in [-0.2, 0) is 0 Å². The summed E-state index contributed by atoms with van der Waals surface area (Å²) in [4.78, 5) is 0. The van der Waals surface area contributed by atoms with E-state index in [-0.39, 0.29) is 0 Å². The van der Waals surface area contributed by atoms with Crippen LogP contribution in [0.25, 0.3) is 21.9 Å². The van der Waals surface area contributed by atoms with E-state index in [1.807, 2.05) is 30.3 Å². The second-order valence-corrected chi connectivity index (χ2v) is 3.99. The summed E-state index contributed by atoms with van der Waals surface area (Å²) >= 11 is 6.23. The number of benzene rings is 2. The number of furan rings is 1. The third-order valence-electron chi connectivity index (χ3n) is 2.62. The van der Waals surface area contributed by atoms with E-state index in [1.165, 1.54) is 0 Å². The maximum absolute atomic E-state index is 6.23. The summed E-state index contributed by atoms with van der Waals surface area (Å²) < 4.78 is 4.99. The van der Waals surface area contributed by atoms with Crippen molar-refractivity contribution in [3.8, 4) is 11.1 Å². The molecule has 2 heteroatoms. The molecule has 3 aromatic rings. The summed E-state index contributed by atoms with van der Waals surface area (Å²) in [7, 11) is 0. The fourth-order valence-electron chi connectivity index (χ4n) is 1.89. The van der Waals surface area contributed by atoms with Crippen LogP contribution in [0.4, 0.5) is 0 Å². The van der Waals surface area contributed by atoms with Crippen molar-refractivity contribution in [1.29, 1.82) is 0 Å². The number of rotatable bonds is 1. The zero-order chi connectivity index (χ0) is 11.0. The number of hydrogen-bond donors (Lipinski definition) is 0. The largest absolute Gasteiger partial charge is 0.460 e. The molecule has 0 saturated heterocycles. The fourth-order valence-corrected chi connectivity index (χ4v) is 2.15. The molecule has 0 atom stereocenters. The van der Waals surface area contributed by atoms with E-state index >= 15 is 0 Å². The predicted octanol–water partition coefficient (Wildman–Crippen LogP) is 4.55. The highest BCUT2D eigenvalue weighted by atomic mass is 35.5. The summed E-state index contributed by atoms with van der Waals surface area (Å²) in [6.45, 7) is 0. The van der Waals surface area contributed by atoms with Crippen molar-refractivity contribution < 1.29 is 4.42 Å².